The number of aromatic nitrogens is 1. The molecule has 0 aliphatic heterocycles. The average molecular weight is 559 g/mol. The van der Waals surface area contributed by atoms with Gasteiger partial charge < -0.3 is 10.5 Å². The number of sulfonamides is 1. The van der Waals surface area contributed by atoms with E-state index >= 15 is 0 Å². The van der Waals surface area contributed by atoms with Crippen LogP contribution in [0.5, 0.6) is 0 Å². The molecular weight excluding hydrogens is 526 g/mol. The van der Waals surface area contributed by atoms with Crippen LogP contribution in [0.4, 0.5) is 4.79 Å². The van der Waals surface area contributed by atoms with E-state index in [9.17, 15) is 13.2 Å². The lowest BCUT2D eigenvalue weighted by Gasteiger charge is -2.41. The molecular formula is C23H32BrN3O4S2. The maximum atomic E-state index is 13.1. The van der Waals surface area contributed by atoms with Gasteiger partial charge >= 0.3 is 6.09 Å². The molecule has 1 saturated carbocycles. The summed E-state index contributed by atoms with van der Waals surface area (Å²) < 4.78 is 35.2. The first-order valence-electron chi connectivity index (χ1n) is 11.0. The number of hydrogen-bond acceptors (Lipinski definition) is 6. The molecule has 3 N–H and O–H groups in total. The highest BCUT2D eigenvalue weighted by Gasteiger charge is 2.42. The minimum atomic E-state index is -3.73. The topological polar surface area (TPSA) is 111 Å². The van der Waals surface area contributed by atoms with Gasteiger partial charge in [-0.25, -0.2) is 22.9 Å². The third kappa shape index (κ3) is 6.15. The Morgan fingerprint density at radius 2 is 1.94 bits per heavy atom. The highest BCUT2D eigenvalue weighted by Crippen LogP contribution is 2.45. The summed E-state index contributed by atoms with van der Waals surface area (Å²) in [6, 6.07) is 5.27. The lowest BCUT2D eigenvalue weighted by Crippen LogP contribution is -2.44. The summed E-state index contributed by atoms with van der Waals surface area (Å²) in [5, 5.41) is 0.969. The van der Waals surface area contributed by atoms with Gasteiger partial charge in [0.15, 0.2) is 0 Å². The van der Waals surface area contributed by atoms with Gasteiger partial charge in [0.1, 0.15) is 5.60 Å². The van der Waals surface area contributed by atoms with Crippen LogP contribution in [-0.2, 0) is 14.8 Å². The van der Waals surface area contributed by atoms with Crippen LogP contribution in [0, 0.1) is 5.92 Å². The van der Waals surface area contributed by atoms with E-state index in [0.29, 0.717) is 10.0 Å². The number of nitrogens with zero attached hydrogens (tertiary/aromatic N) is 1. The molecule has 1 amide bonds. The summed E-state index contributed by atoms with van der Waals surface area (Å²) in [7, 11) is -3.73. The molecule has 0 saturated heterocycles. The van der Waals surface area contributed by atoms with Crippen molar-refractivity contribution in [3.63, 3.8) is 0 Å². The van der Waals surface area contributed by atoms with Gasteiger partial charge in [-0.05, 0) is 64.5 Å². The van der Waals surface area contributed by atoms with Gasteiger partial charge in [-0.3, -0.25) is 0 Å². The van der Waals surface area contributed by atoms with Gasteiger partial charge in [-0.15, -0.1) is 11.3 Å². The standard InChI is InChI=1S/C23H32BrN3O4S2/c1-14(2)23(31-21(25)28)10-8-15(9-11-23)20-26-13-18(32-20)17-7-6-16(24)12-19(17)33(29,30)27-22(3,4)5/h6-7,12-15,27H,8-11H2,1-5H3,(H2,25,28). The molecule has 0 radical (unpaired) electrons. The molecule has 0 spiro atoms. The number of primary amides is 1. The first kappa shape index (κ1) is 26.1. The summed E-state index contributed by atoms with van der Waals surface area (Å²) in [5.74, 6) is 0.402. The maximum absolute atomic E-state index is 13.1. The van der Waals surface area contributed by atoms with Crippen molar-refractivity contribution in [3.8, 4) is 10.4 Å². The fourth-order valence-corrected chi connectivity index (χ4v) is 7.70. The molecule has 33 heavy (non-hydrogen) atoms. The predicted octanol–water partition coefficient (Wildman–Crippen LogP) is 5.80. The number of rotatable bonds is 6. The Morgan fingerprint density at radius 3 is 2.48 bits per heavy atom. The number of ether oxygens (including phenoxy) is 1. The van der Waals surface area contributed by atoms with E-state index < -0.39 is 27.3 Å². The van der Waals surface area contributed by atoms with Crippen molar-refractivity contribution in [2.75, 3.05) is 0 Å². The first-order chi connectivity index (χ1) is 15.2. The molecule has 1 aromatic carbocycles. The molecule has 2 aromatic rings. The molecule has 1 fully saturated rings. The number of benzene rings is 1. The zero-order valence-electron chi connectivity index (χ0n) is 19.6. The van der Waals surface area contributed by atoms with Gasteiger partial charge in [0.25, 0.3) is 0 Å². The molecule has 10 heteroatoms. The number of nitrogens with one attached hydrogen (secondary N) is 1. The third-order valence-corrected chi connectivity index (χ3v) is 9.48. The van der Waals surface area contributed by atoms with Crippen molar-refractivity contribution in [1.82, 2.24) is 9.71 Å². The zero-order valence-corrected chi connectivity index (χ0v) is 22.9. The van der Waals surface area contributed by atoms with Crippen molar-refractivity contribution in [2.24, 2.45) is 11.7 Å². The van der Waals surface area contributed by atoms with E-state index in [1.54, 1.807) is 12.3 Å². The summed E-state index contributed by atoms with van der Waals surface area (Å²) in [4.78, 5) is 17.1. The molecule has 7 nitrogen and oxygen atoms in total. The van der Waals surface area contributed by atoms with Crippen molar-refractivity contribution < 1.29 is 17.9 Å². The summed E-state index contributed by atoms with van der Waals surface area (Å²) >= 11 is 4.92. The number of thiazole rings is 1. The van der Waals surface area contributed by atoms with Crippen LogP contribution in [0.25, 0.3) is 10.4 Å². The normalized spacial score (nSPS) is 21.8. The van der Waals surface area contributed by atoms with Gasteiger partial charge in [0.2, 0.25) is 10.0 Å². The second-order valence-corrected chi connectivity index (χ2v) is 13.6. The Morgan fingerprint density at radius 1 is 1.30 bits per heavy atom. The van der Waals surface area contributed by atoms with Crippen LogP contribution in [0.15, 0.2) is 33.8 Å². The highest BCUT2D eigenvalue weighted by atomic mass is 79.9. The largest absolute Gasteiger partial charge is 0.443 e. The number of hydrogen-bond donors (Lipinski definition) is 2. The second kappa shape index (κ2) is 9.64. The number of amides is 1. The summed E-state index contributed by atoms with van der Waals surface area (Å²) in [6.07, 6.45) is 4.13. The molecule has 1 aliphatic carbocycles. The van der Waals surface area contributed by atoms with Crippen LogP contribution in [0.1, 0.15) is 71.2 Å². The quantitative estimate of drug-likeness (QED) is 0.466. The van der Waals surface area contributed by atoms with E-state index in [4.69, 9.17) is 10.5 Å². The highest BCUT2D eigenvalue weighted by molar-refractivity contribution is 9.10. The van der Waals surface area contributed by atoms with Crippen LogP contribution in [0.3, 0.4) is 0 Å². The summed E-state index contributed by atoms with van der Waals surface area (Å²) in [5.41, 5.74) is 4.82. The van der Waals surface area contributed by atoms with Crippen molar-refractivity contribution >= 4 is 43.4 Å². The molecule has 0 atom stereocenters. The Hall–Kier alpha value is -1.49. The van der Waals surface area contributed by atoms with E-state index in [1.807, 2.05) is 46.8 Å². The molecule has 0 bridgehead atoms. The van der Waals surface area contributed by atoms with E-state index in [-0.39, 0.29) is 16.7 Å². The SMILES string of the molecule is CC(C)C1(OC(N)=O)CCC(c2ncc(-c3ccc(Br)cc3S(=O)(=O)NC(C)(C)C)s2)CC1. The summed E-state index contributed by atoms with van der Waals surface area (Å²) in [6.45, 7) is 9.54. The fourth-order valence-electron chi connectivity index (χ4n) is 4.33. The van der Waals surface area contributed by atoms with Crippen LogP contribution >= 0.6 is 27.3 Å². The van der Waals surface area contributed by atoms with E-state index in [1.165, 1.54) is 11.3 Å². The third-order valence-electron chi connectivity index (χ3n) is 6.00. The van der Waals surface area contributed by atoms with Gasteiger partial charge in [0.05, 0.1) is 14.8 Å². The Bertz CT molecular complexity index is 1110. The fraction of sp³-hybridized carbons (Fsp3) is 0.565. The van der Waals surface area contributed by atoms with Gasteiger partial charge in [-0.1, -0.05) is 35.8 Å². The molecule has 1 aromatic heterocycles. The lowest BCUT2D eigenvalue weighted by molar-refractivity contribution is -0.0501. The van der Waals surface area contributed by atoms with Gasteiger partial charge in [0, 0.05) is 27.7 Å². The minimum Gasteiger partial charge on any atom is -0.443 e. The van der Waals surface area contributed by atoms with Gasteiger partial charge in [-0.2, -0.15) is 0 Å². The van der Waals surface area contributed by atoms with Crippen LogP contribution < -0.4 is 10.5 Å². The van der Waals surface area contributed by atoms with Crippen LogP contribution in [-0.4, -0.2) is 30.6 Å². The Labute approximate surface area is 208 Å². The van der Waals surface area contributed by atoms with Crippen molar-refractivity contribution in [2.45, 2.75) is 82.3 Å². The lowest BCUT2D eigenvalue weighted by atomic mass is 9.73. The number of carbonyl (C=O) groups is 1. The molecule has 1 heterocycles. The monoisotopic (exact) mass is 557 g/mol. The minimum absolute atomic E-state index is 0.170. The zero-order chi connectivity index (χ0) is 24.6. The average Bonchev–Trinajstić information content (AvgIpc) is 3.16. The Balaban J connectivity index is 1.87. The van der Waals surface area contributed by atoms with Crippen molar-refractivity contribution in [3.05, 3.63) is 33.9 Å². The molecule has 1 aliphatic rings. The predicted molar refractivity (Wildman–Crippen MR) is 135 cm³/mol. The molecule has 0 unspecified atom stereocenters. The second-order valence-electron chi connectivity index (χ2n) is 9.97. The number of halogens is 1. The van der Waals surface area contributed by atoms with Crippen LogP contribution in [0.2, 0.25) is 0 Å². The number of nitrogens with two attached hydrogens (primary N) is 1. The number of carbonyl (C=O) groups excluding carboxylic acids is 1. The van der Waals surface area contributed by atoms with E-state index in [0.717, 1.165) is 35.6 Å². The maximum Gasteiger partial charge on any atom is 0.405 e. The molecule has 3 rings (SSSR count). The van der Waals surface area contributed by atoms with Crippen molar-refractivity contribution in [1.29, 1.82) is 0 Å². The first-order valence-corrected chi connectivity index (χ1v) is 14.1. The molecule has 182 valence electrons. The smallest absolute Gasteiger partial charge is 0.405 e. The Kier molecular flexibility index (Phi) is 7.63. The van der Waals surface area contributed by atoms with E-state index in [2.05, 4.69) is 25.6 Å².